The Morgan fingerprint density at radius 2 is 1.48 bits per heavy atom. The van der Waals surface area contributed by atoms with Crippen molar-refractivity contribution < 1.29 is 18.0 Å². The number of hydrogen-bond donors (Lipinski definition) is 0. The third kappa shape index (κ3) is 4.04. The van der Waals surface area contributed by atoms with E-state index in [4.69, 9.17) is 11.6 Å². The minimum absolute atomic E-state index is 0.0822. The lowest BCUT2D eigenvalue weighted by molar-refractivity contribution is -0.123. The van der Waals surface area contributed by atoms with Gasteiger partial charge in [-0.2, -0.15) is 4.31 Å². The van der Waals surface area contributed by atoms with Gasteiger partial charge in [-0.1, -0.05) is 41.9 Å². The molecule has 2 heterocycles. The Balaban J connectivity index is 1.29. The molecule has 2 aliphatic heterocycles. The molecule has 2 saturated heterocycles. The lowest BCUT2D eigenvalue weighted by Crippen LogP contribution is -2.53. The monoisotopic (exact) mass is 483 g/mol. The summed E-state index contributed by atoms with van der Waals surface area (Å²) in [6.45, 7) is 1.28. The number of imide groups is 1. The highest BCUT2D eigenvalue weighted by molar-refractivity contribution is 7.89. The van der Waals surface area contributed by atoms with Gasteiger partial charge >= 0.3 is 0 Å². The van der Waals surface area contributed by atoms with E-state index in [1.807, 2.05) is 35.2 Å². The van der Waals surface area contributed by atoms with E-state index in [0.29, 0.717) is 23.8 Å². The molecule has 0 radical (unpaired) electrons. The number of halogens is 1. The van der Waals surface area contributed by atoms with Crippen LogP contribution in [0.15, 0.2) is 71.6 Å². The maximum Gasteiger partial charge on any atom is 0.251 e. The van der Waals surface area contributed by atoms with Crippen LogP contribution in [-0.2, 0) is 19.6 Å². The number of carbonyl (C=O) groups excluding carboxylic acids is 2. The summed E-state index contributed by atoms with van der Waals surface area (Å²) < 4.78 is 27.9. The Kier molecular flexibility index (Phi) is 5.70. The highest BCUT2D eigenvalue weighted by atomic mass is 35.5. The number of piperazine rings is 1. The second-order valence-corrected chi connectivity index (χ2v) is 10.6. The predicted octanol–water partition coefficient (Wildman–Crippen LogP) is 3.13. The number of hydrogen-bond acceptors (Lipinski definition) is 5. The standard InChI is InChI=1S/C24H22ClN3O4S/c25-19-6-8-20(9-7-19)28-23(29)16-22(24(28)30)26-11-13-27(14-12-26)33(31,32)21-10-5-17-3-1-2-4-18(17)15-21/h1-10,15,22H,11-14,16H2/t22-/m0/s1. The van der Waals surface area contributed by atoms with Crippen LogP contribution in [0.1, 0.15) is 6.42 Å². The average Bonchev–Trinajstić information content (AvgIpc) is 3.13. The Bertz CT molecular complexity index is 1340. The van der Waals surface area contributed by atoms with Gasteiger partial charge in [0.15, 0.2) is 0 Å². The van der Waals surface area contributed by atoms with Gasteiger partial charge in [-0.3, -0.25) is 14.5 Å². The maximum absolute atomic E-state index is 13.2. The topological polar surface area (TPSA) is 78.0 Å². The van der Waals surface area contributed by atoms with Crippen LogP contribution in [-0.4, -0.2) is 61.7 Å². The third-order valence-corrected chi connectivity index (χ3v) is 8.43. The summed E-state index contributed by atoms with van der Waals surface area (Å²) in [5.41, 5.74) is 0.495. The first kappa shape index (κ1) is 22.0. The molecule has 0 bridgehead atoms. The second kappa shape index (κ2) is 8.53. The Morgan fingerprint density at radius 1 is 0.818 bits per heavy atom. The lowest BCUT2D eigenvalue weighted by atomic mass is 10.1. The second-order valence-electron chi connectivity index (χ2n) is 8.21. The Labute approximate surface area is 197 Å². The zero-order valence-corrected chi connectivity index (χ0v) is 19.3. The molecule has 9 heteroatoms. The van der Waals surface area contributed by atoms with Gasteiger partial charge in [-0.15, -0.1) is 0 Å². The van der Waals surface area contributed by atoms with Crippen LogP contribution in [0.2, 0.25) is 5.02 Å². The molecule has 7 nitrogen and oxygen atoms in total. The molecule has 3 aromatic carbocycles. The Morgan fingerprint density at radius 3 is 2.18 bits per heavy atom. The van der Waals surface area contributed by atoms with E-state index in [0.717, 1.165) is 10.8 Å². The van der Waals surface area contributed by atoms with Crippen molar-refractivity contribution in [3.05, 3.63) is 71.8 Å². The molecule has 0 aliphatic carbocycles. The maximum atomic E-state index is 13.2. The predicted molar refractivity (Wildman–Crippen MR) is 127 cm³/mol. The van der Waals surface area contributed by atoms with Gasteiger partial charge in [0.2, 0.25) is 15.9 Å². The summed E-state index contributed by atoms with van der Waals surface area (Å²) >= 11 is 5.91. The van der Waals surface area contributed by atoms with Crippen LogP contribution in [0.3, 0.4) is 0 Å². The molecule has 170 valence electrons. The van der Waals surface area contributed by atoms with Crippen molar-refractivity contribution in [2.24, 2.45) is 0 Å². The van der Waals surface area contributed by atoms with Crippen molar-refractivity contribution in [3.8, 4) is 0 Å². The fourth-order valence-electron chi connectivity index (χ4n) is 4.50. The number of nitrogens with zero attached hydrogens (tertiary/aromatic N) is 3. The van der Waals surface area contributed by atoms with Crippen LogP contribution < -0.4 is 4.90 Å². The number of anilines is 1. The molecule has 2 aliphatic rings. The van der Waals surface area contributed by atoms with Gasteiger partial charge in [-0.05, 0) is 47.2 Å². The van der Waals surface area contributed by atoms with Gasteiger partial charge in [0.05, 0.1) is 23.0 Å². The van der Waals surface area contributed by atoms with Crippen LogP contribution in [0.25, 0.3) is 10.8 Å². The molecule has 3 aromatic rings. The summed E-state index contributed by atoms with van der Waals surface area (Å²) in [5, 5.41) is 2.38. The third-order valence-electron chi connectivity index (χ3n) is 6.28. The number of sulfonamides is 1. The minimum Gasteiger partial charge on any atom is -0.289 e. The van der Waals surface area contributed by atoms with E-state index >= 15 is 0 Å². The number of carbonyl (C=O) groups is 2. The molecule has 0 N–H and O–H groups in total. The largest absolute Gasteiger partial charge is 0.289 e. The summed E-state index contributed by atoms with van der Waals surface area (Å²) in [6, 6.07) is 18.8. The molecule has 2 amide bonds. The first-order valence-corrected chi connectivity index (χ1v) is 12.5. The molecule has 0 aromatic heterocycles. The van der Waals surface area contributed by atoms with Crippen molar-refractivity contribution in [3.63, 3.8) is 0 Å². The molecular weight excluding hydrogens is 462 g/mol. The molecular formula is C24H22ClN3O4S. The minimum atomic E-state index is -3.65. The zero-order chi connectivity index (χ0) is 23.2. The number of benzene rings is 3. The summed E-state index contributed by atoms with van der Waals surface area (Å²) in [7, 11) is -3.65. The molecule has 5 rings (SSSR count). The van der Waals surface area contributed by atoms with Gasteiger partial charge in [-0.25, -0.2) is 13.3 Å². The molecule has 2 fully saturated rings. The summed E-state index contributed by atoms with van der Waals surface area (Å²) in [5.74, 6) is -0.549. The molecule has 0 saturated carbocycles. The van der Waals surface area contributed by atoms with Gasteiger partial charge in [0.25, 0.3) is 5.91 Å². The molecule has 0 unspecified atom stereocenters. The van der Waals surface area contributed by atoms with E-state index in [2.05, 4.69) is 0 Å². The summed E-state index contributed by atoms with van der Waals surface area (Å²) in [4.78, 5) is 29.0. The van der Waals surface area contributed by atoms with Crippen molar-refractivity contribution in [2.45, 2.75) is 17.4 Å². The quantitative estimate of drug-likeness (QED) is 0.533. The van der Waals surface area contributed by atoms with Crippen molar-refractivity contribution in [1.29, 1.82) is 0 Å². The van der Waals surface area contributed by atoms with E-state index in [1.54, 1.807) is 36.4 Å². The number of amides is 2. The normalized spacial score (nSPS) is 20.6. The van der Waals surface area contributed by atoms with Gasteiger partial charge in [0.1, 0.15) is 0 Å². The zero-order valence-electron chi connectivity index (χ0n) is 17.7. The Hall–Kier alpha value is -2.78. The fourth-order valence-corrected chi connectivity index (χ4v) is 6.08. The van der Waals surface area contributed by atoms with Gasteiger partial charge < -0.3 is 0 Å². The molecule has 33 heavy (non-hydrogen) atoms. The number of fused-ring (bicyclic) bond motifs is 1. The fraction of sp³-hybridized carbons (Fsp3) is 0.250. The summed E-state index contributed by atoms with van der Waals surface area (Å²) in [6.07, 6.45) is 0.0822. The highest BCUT2D eigenvalue weighted by Gasteiger charge is 2.44. The van der Waals surface area contributed by atoms with E-state index < -0.39 is 16.1 Å². The van der Waals surface area contributed by atoms with Crippen LogP contribution >= 0.6 is 11.6 Å². The first-order valence-electron chi connectivity index (χ1n) is 10.7. The van der Waals surface area contributed by atoms with Crippen molar-refractivity contribution >= 4 is 49.9 Å². The van der Waals surface area contributed by atoms with Crippen LogP contribution in [0.5, 0.6) is 0 Å². The van der Waals surface area contributed by atoms with E-state index in [1.165, 1.54) is 9.21 Å². The van der Waals surface area contributed by atoms with Crippen LogP contribution in [0, 0.1) is 0 Å². The SMILES string of the molecule is O=C1C[C@H](N2CCN(S(=O)(=O)c3ccc4ccccc4c3)CC2)C(=O)N1c1ccc(Cl)cc1. The first-order chi connectivity index (χ1) is 15.8. The number of rotatable bonds is 4. The lowest BCUT2D eigenvalue weighted by Gasteiger charge is -2.36. The van der Waals surface area contributed by atoms with Crippen LogP contribution in [0.4, 0.5) is 5.69 Å². The van der Waals surface area contributed by atoms with E-state index in [9.17, 15) is 18.0 Å². The molecule has 1 atom stereocenters. The molecule has 0 spiro atoms. The van der Waals surface area contributed by atoms with Crippen molar-refractivity contribution in [1.82, 2.24) is 9.21 Å². The average molecular weight is 484 g/mol. The van der Waals surface area contributed by atoms with E-state index in [-0.39, 0.29) is 36.2 Å². The van der Waals surface area contributed by atoms with Gasteiger partial charge in [0, 0.05) is 31.2 Å². The smallest absolute Gasteiger partial charge is 0.251 e. The van der Waals surface area contributed by atoms with Crippen molar-refractivity contribution in [2.75, 3.05) is 31.1 Å². The highest BCUT2D eigenvalue weighted by Crippen LogP contribution is 2.28.